The van der Waals surface area contributed by atoms with Crippen molar-refractivity contribution < 1.29 is 0 Å². The second kappa shape index (κ2) is 7.17. The van der Waals surface area contributed by atoms with Crippen molar-refractivity contribution in [3.63, 3.8) is 0 Å². The molecule has 3 aromatic carbocycles. The summed E-state index contributed by atoms with van der Waals surface area (Å²) < 4.78 is 2.15. The van der Waals surface area contributed by atoms with Crippen LogP contribution >= 0.6 is 0 Å². The van der Waals surface area contributed by atoms with E-state index in [-0.39, 0.29) is 5.43 Å². The summed E-state index contributed by atoms with van der Waals surface area (Å²) >= 11 is 0. The maximum Gasteiger partial charge on any atom is 0.200 e. The molecule has 6 rings (SSSR count). The van der Waals surface area contributed by atoms with Crippen LogP contribution in [0.5, 0.6) is 0 Å². The van der Waals surface area contributed by atoms with Crippen molar-refractivity contribution in [2.75, 3.05) is 0 Å². The van der Waals surface area contributed by atoms with Crippen molar-refractivity contribution in [3.8, 4) is 33.4 Å². The maximum absolute atomic E-state index is 14.2. The van der Waals surface area contributed by atoms with Gasteiger partial charge in [-0.1, -0.05) is 91.0 Å². The number of rotatable bonds is 3. The topological polar surface area (TPSA) is 34.4 Å². The predicted molar refractivity (Wildman–Crippen MR) is 131 cm³/mol. The molecule has 0 aliphatic heterocycles. The molecule has 152 valence electrons. The van der Waals surface area contributed by atoms with Gasteiger partial charge in [0.2, 0.25) is 0 Å². The van der Waals surface area contributed by atoms with E-state index in [0.29, 0.717) is 16.8 Å². The van der Waals surface area contributed by atoms with E-state index in [1.807, 2.05) is 85.8 Å². The van der Waals surface area contributed by atoms with Gasteiger partial charge in [0.15, 0.2) is 5.43 Å². The van der Waals surface area contributed by atoms with Crippen molar-refractivity contribution >= 4 is 16.7 Å². The lowest BCUT2D eigenvalue weighted by Crippen LogP contribution is -2.14. The fourth-order valence-electron chi connectivity index (χ4n) is 4.65. The third-order valence-electron chi connectivity index (χ3n) is 6.00. The Balaban J connectivity index is 1.88. The number of aromatic nitrogens is 2. The molecule has 0 saturated heterocycles. The van der Waals surface area contributed by atoms with Crippen LogP contribution in [0, 0.1) is 6.92 Å². The van der Waals surface area contributed by atoms with Gasteiger partial charge in [-0.3, -0.25) is 9.20 Å². The minimum Gasteiger partial charge on any atom is -0.293 e. The molecule has 3 aromatic heterocycles. The lowest BCUT2D eigenvalue weighted by Gasteiger charge is -2.14. The molecule has 0 bridgehead atoms. The summed E-state index contributed by atoms with van der Waals surface area (Å²) in [5.41, 5.74) is 8.81. The van der Waals surface area contributed by atoms with Gasteiger partial charge in [-0.15, -0.1) is 0 Å². The molecule has 6 aromatic rings. The van der Waals surface area contributed by atoms with Gasteiger partial charge in [-0.05, 0) is 35.7 Å². The van der Waals surface area contributed by atoms with Gasteiger partial charge in [-0.25, -0.2) is 4.98 Å². The highest BCUT2D eigenvalue weighted by Crippen LogP contribution is 2.38. The van der Waals surface area contributed by atoms with E-state index < -0.39 is 0 Å². The minimum atomic E-state index is 0.00480. The fraction of sp³-hybridized carbons (Fsp3) is 0.0345. The zero-order chi connectivity index (χ0) is 21.7. The van der Waals surface area contributed by atoms with Crippen LogP contribution in [0.3, 0.4) is 0 Å². The first-order valence-corrected chi connectivity index (χ1v) is 10.7. The average molecular weight is 412 g/mol. The summed E-state index contributed by atoms with van der Waals surface area (Å²) in [7, 11) is 0. The van der Waals surface area contributed by atoms with Crippen LogP contribution in [0.25, 0.3) is 50.1 Å². The normalized spacial score (nSPS) is 11.4. The molecule has 0 fully saturated rings. The molecule has 3 heterocycles. The van der Waals surface area contributed by atoms with Crippen LogP contribution in [0.4, 0.5) is 0 Å². The molecule has 0 amide bonds. The quantitative estimate of drug-likeness (QED) is 0.328. The lowest BCUT2D eigenvalue weighted by atomic mass is 9.96. The first-order valence-electron chi connectivity index (χ1n) is 10.7. The second-order valence-electron chi connectivity index (χ2n) is 8.07. The van der Waals surface area contributed by atoms with Gasteiger partial charge >= 0.3 is 0 Å². The molecule has 0 aliphatic rings. The summed E-state index contributed by atoms with van der Waals surface area (Å²) in [4.78, 5) is 19.1. The number of pyridine rings is 1. The molecule has 0 aliphatic carbocycles. The largest absolute Gasteiger partial charge is 0.293 e. The van der Waals surface area contributed by atoms with E-state index in [1.54, 1.807) is 0 Å². The van der Waals surface area contributed by atoms with E-state index in [4.69, 9.17) is 4.98 Å². The zero-order valence-electron chi connectivity index (χ0n) is 17.6. The Bertz CT molecular complexity index is 1620. The molecular weight excluding hydrogens is 392 g/mol. The number of hydrogen-bond donors (Lipinski definition) is 0. The highest BCUT2D eigenvalue weighted by molar-refractivity contribution is 6.02. The smallest absolute Gasteiger partial charge is 0.200 e. The summed E-state index contributed by atoms with van der Waals surface area (Å²) in [5, 5.41) is 0. The first kappa shape index (κ1) is 18.5. The van der Waals surface area contributed by atoms with Crippen molar-refractivity contribution in [3.05, 3.63) is 119 Å². The predicted octanol–water partition coefficient (Wildman–Crippen LogP) is 6.59. The van der Waals surface area contributed by atoms with Gasteiger partial charge in [0, 0.05) is 11.3 Å². The Morgan fingerprint density at radius 3 is 1.78 bits per heavy atom. The van der Waals surface area contributed by atoms with Gasteiger partial charge < -0.3 is 0 Å². The number of nitrogens with zero attached hydrogens (tertiary/aromatic N) is 2. The second-order valence-corrected chi connectivity index (χ2v) is 8.07. The first-order chi connectivity index (χ1) is 15.7. The van der Waals surface area contributed by atoms with E-state index in [0.717, 1.165) is 39.0 Å². The average Bonchev–Trinajstić information content (AvgIpc) is 3.20. The Hall–Kier alpha value is -4.24. The molecule has 32 heavy (non-hydrogen) atoms. The molecular formula is C29H20N2O. The molecule has 0 spiro atoms. The Morgan fingerprint density at radius 1 is 0.656 bits per heavy atom. The van der Waals surface area contributed by atoms with Crippen molar-refractivity contribution in [1.82, 2.24) is 9.38 Å². The van der Waals surface area contributed by atoms with Crippen LogP contribution in [0.15, 0.2) is 108 Å². The number of hydrogen-bond acceptors (Lipinski definition) is 2. The minimum absolute atomic E-state index is 0.00480. The SMILES string of the molecule is Cc1cc2cc(-c3ccccc3)c3c(-c4ccccc4)c(=O)c(-c4ccccc4)c(n1)n23. The van der Waals surface area contributed by atoms with E-state index in [9.17, 15) is 4.79 Å². The van der Waals surface area contributed by atoms with E-state index >= 15 is 0 Å². The summed E-state index contributed by atoms with van der Waals surface area (Å²) in [6.45, 7) is 1.98. The van der Waals surface area contributed by atoms with Crippen LogP contribution in [0.2, 0.25) is 0 Å². The molecule has 0 N–H and O–H groups in total. The molecule has 0 unspecified atom stereocenters. The van der Waals surface area contributed by atoms with Gasteiger partial charge in [0.25, 0.3) is 0 Å². The monoisotopic (exact) mass is 412 g/mol. The Kier molecular flexibility index (Phi) is 4.15. The molecule has 3 heteroatoms. The van der Waals surface area contributed by atoms with Crippen LogP contribution in [-0.2, 0) is 0 Å². The van der Waals surface area contributed by atoms with Crippen molar-refractivity contribution in [2.45, 2.75) is 6.92 Å². The summed E-state index contributed by atoms with van der Waals surface area (Å²) in [6.07, 6.45) is 0. The Labute approximate surface area is 185 Å². The fourth-order valence-corrected chi connectivity index (χ4v) is 4.65. The van der Waals surface area contributed by atoms with Gasteiger partial charge in [0.05, 0.1) is 22.2 Å². The van der Waals surface area contributed by atoms with Gasteiger partial charge in [-0.2, -0.15) is 0 Å². The highest BCUT2D eigenvalue weighted by atomic mass is 16.1. The van der Waals surface area contributed by atoms with Gasteiger partial charge in [0.1, 0.15) is 5.65 Å². The summed E-state index contributed by atoms with van der Waals surface area (Å²) in [5.74, 6) is 0. The zero-order valence-corrected chi connectivity index (χ0v) is 17.6. The van der Waals surface area contributed by atoms with Crippen molar-refractivity contribution in [1.29, 1.82) is 0 Å². The van der Waals surface area contributed by atoms with Crippen LogP contribution in [-0.4, -0.2) is 9.38 Å². The third kappa shape index (κ3) is 2.75. The maximum atomic E-state index is 14.2. The van der Waals surface area contributed by atoms with Crippen LogP contribution in [0.1, 0.15) is 5.69 Å². The molecule has 0 radical (unpaired) electrons. The van der Waals surface area contributed by atoms with Crippen molar-refractivity contribution in [2.24, 2.45) is 0 Å². The highest BCUT2D eigenvalue weighted by Gasteiger charge is 2.24. The molecule has 0 saturated carbocycles. The number of benzene rings is 3. The molecule has 0 atom stereocenters. The van der Waals surface area contributed by atoms with E-state index in [2.05, 4.69) is 28.7 Å². The standard InChI is InChI=1S/C29H20N2O/c1-19-17-23-18-24(20-11-5-2-6-12-20)27-25(21-13-7-3-8-14-21)28(32)26(29(30-19)31(23)27)22-15-9-4-10-16-22/h2-18H,1H3. The molecule has 3 nitrogen and oxygen atoms in total. The summed E-state index contributed by atoms with van der Waals surface area (Å²) in [6, 6.07) is 34.3. The van der Waals surface area contributed by atoms with E-state index in [1.165, 1.54) is 0 Å². The lowest BCUT2D eigenvalue weighted by molar-refractivity contribution is 1.14. The Morgan fingerprint density at radius 2 is 1.19 bits per heavy atom. The third-order valence-corrected chi connectivity index (χ3v) is 6.00. The van der Waals surface area contributed by atoms with Crippen LogP contribution < -0.4 is 5.43 Å². The number of aryl methyl sites for hydroxylation is 1.